The van der Waals surface area contributed by atoms with Crippen LogP contribution in [-0.4, -0.2) is 53.1 Å². The van der Waals surface area contributed by atoms with E-state index in [1.54, 1.807) is 18.3 Å². The topological polar surface area (TPSA) is 61.0 Å². The molecule has 130 valence electrons. The molecule has 5 nitrogen and oxygen atoms in total. The lowest BCUT2D eigenvalue weighted by Crippen LogP contribution is -2.44. The zero-order valence-corrected chi connectivity index (χ0v) is 13.1. The molecule has 1 aliphatic heterocycles. The molecule has 0 atom stereocenters. The zero-order valence-electron chi connectivity index (χ0n) is 13.1. The van der Waals surface area contributed by atoms with Crippen molar-refractivity contribution in [1.82, 2.24) is 20.2 Å². The summed E-state index contributed by atoms with van der Waals surface area (Å²) in [5.41, 5.74) is 1.34. The third-order valence-corrected chi connectivity index (χ3v) is 4.21. The summed E-state index contributed by atoms with van der Waals surface area (Å²) in [6, 6.07) is 4.94. The van der Waals surface area contributed by atoms with Gasteiger partial charge in [0.1, 0.15) is 12.2 Å². The molecule has 1 amide bonds. The summed E-state index contributed by atoms with van der Waals surface area (Å²) in [5, 5.41) is 3.17. The minimum atomic E-state index is -4.42. The first-order chi connectivity index (χ1) is 11.4. The summed E-state index contributed by atoms with van der Waals surface area (Å²) in [4.78, 5) is 20.5. The van der Waals surface area contributed by atoms with Crippen molar-refractivity contribution in [3.05, 3.63) is 30.1 Å². The first-order valence-corrected chi connectivity index (χ1v) is 7.93. The van der Waals surface area contributed by atoms with Gasteiger partial charge < -0.3 is 15.2 Å². The number of aromatic amines is 1. The van der Waals surface area contributed by atoms with Gasteiger partial charge in [-0.2, -0.15) is 13.2 Å². The van der Waals surface area contributed by atoms with Gasteiger partial charge in [-0.1, -0.05) is 0 Å². The van der Waals surface area contributed by atoms with E-state index in [2.05, 4.69) is 15.3 Å². The quantitative estimate of drug-likeness (QED) is 0.899. The Morgan fingerprint density at radius 1 is 1.33 bits per heavy atom. The van der Waals surface area contributed by atoms with Gasteiger partial charge in [-0.05, 0) is 50.0 Å². The second-order valence-electron chi connectivity index (χ2n) is 6.11. The van der Waals surface area contributed by atoms with Gasteiger partial charge in [-0.3, -0.25) is 9.78 Å². The molecular formula is C16H19F3N4O. The lowest BCUT2D eigenvalue weighted by atomic mass is 9.97. The van der Waals surface area contributed by atoms with Crippen LogP contribution in [0, 0.1) is 5.92 Å². The molecule has 0 unspecified atom stereocenters. The van der Waals surface area contributed by atoms with Crippen LogP contribution < -0.4 is 5.32 Å². The third-order valence-electron chi connectivity index (χ3n) is 4.21. The molecule has 0 saturated carbocycles. The van der Waals surface area contributed by atoms with Gasteiger partial charge in [0.2, 0.25) is 0 Å². The van der Waals surface area contributed by atoms with E-state index < -0.39 is 18.6 Å². The minimum Gasteiger partial charge on any atom is -0.349 e. The Morgan fingerprint density at radius 3 is 2.75 bits per heavy atom. The Bertz CT molecular complexity index is 674. The molecule has 3 rings (SSSR count). The van der Waals surface area contributed by atoms with Crippen molar-refractivity contribution in [3.8, 4) is 0 Å². The standard InChI is InChI=1S/C16H19F3N4O/c17-16(18,19)10-23(9-11-3-6-20-7-4-11)15(24)14-8-13-12(22-14)2-1-5-21-13/h1-2,5,8,11,20,22H,3-4,6-7,9-10H2. The molecule has 1 aliphatic rings. The molecule has 2 N–H and O–H groups in total. The van der Waals surface area contributed by atoms with E-state index in [4.69, 9.17) is 0 Å². The maximum absolute atomic E-state index is 12.9. The molecular weight excluding hydrogens is 321 g/mol. The van der Waals surface area contributed by atoms with Crippen LogP contribution in [0.4, 0.5) is 13.2 Å². The highest BCUT2D eigenvalue weighted by Gasteiger charge is 2.35. The molecule has 0 spiro atoms. The van der Waals surface area contributed by atoms with Gasteiger partial charge in [0.15, 0.2) is 0 Å². The van der Waals surface area contributed by atoms with Crippen molar-refractivity contribution < 1.29 is 18.0 Å². The second kappa shape index (κ2) is 6.80. The molecule has 0 aliphatic carbocycles. The highest BCUT2D eigenvalue weighted by atomic mass is 19.4. The van der Waals surface area contributed by atoms with Crippen LogP contribution in [0.25, 0.3) is 11.0 Å². The number of halogens is 3. The van der Waals surface area contributed by atoms with Gasteiger partial charge in [0, 0.05) is 12.7 Å². The zero-order chi connectivity index (χ0) is 17.2. The minimum absolute atomic E-state index is 0.0834. The fraction of sp³-hybridized carbons (Fsp3) is 0.500. The van der Waals surface area contributed by atoms with E-state index >= 15 is 0 Å². The van der Waals surface area contributed by atoms with Crippen molar-refractivity contribution in [2.45, 2.75) is 19.0 Å². The predicted molar refractivity (Wildman–Crippen MR) is 83.6 cm³/mol. The molecule has 3 heterocycles. The number of amides is 1. The van der Waals surface area contributed by atoms with Crippen molar-refractivity contribution in [2.75, 3.05) is 26.2 Å². The normalized spacial score (nSPS) is 16.5. The lowest BCUT2D eigenvalue weighted by Gasteiger charge is -2.30. The number of fused-ring (bicyclic) bond motifs is 1. The van der Waals surface area contributed by atoms with E-state index in [0.717, 1.165) is 30.8 Å². The van der Waals surface area contributed by atoms with Gasteiger partial charge in [-0.25, -0.2) is 0 Å². The first-order valence-electron chi connectivity index (χ1n) is 7.93. The Labute approximate surface area is 137 Å². The van der Waals surface area contributed by atoms with Gasteiger partial charge in [0.25, 0.3) is 5.91 Å². The number of pyridine rings is 1. The SMILES string of the molecule is O=C(c1cc2ncccc2[nH]1)N(CC1CCNCC1)CC(F)(F)F. The van der Waals surface area contributed by atoms with Gasteiger partial charge >= 0.3 is 6.18 Å². The first kappa shape index (κ1) is 16.8. The van der Waals surface area contributed by atoms with E-state index in [-0.39, 0.29) is 18.2 Å². The molecule has 1 fully saturated rings. The number of carbonyl (C=O) groups is 1. The van der Waals surface area contributed by atoms with E-state index in [1.807, 2.05) is 0 Å². The third kappa shape index (κ3) is 4.05. The summed E-state index contributed by atoms with van der Waals surface area (Å²) in [5.74, 6) is -0.552. The molecule has 8 heteroatoms. The Balaban J connectivity index is 1.81. The monoisotopic (exact) mass is 340 g/mol. The molecule has 2 aromatic heterocycles. The van der Waals surface area contributed by atoms with Crippen LogP contribution in [0.3, 0.4) is 0 Å². The Kier molecular flexibility index (Phi) is 4.75. The maximum atomic E-state index is 12.9. The summed E-state index contributed by atoms with van der Waals surface area (Å²) >= 11 is 0. The molecule has 1 saturated heterocycles. The number of carbonyl (C=O) groups excluding carboxylic acids is 1. The van der Waals surface area contributed by atoms with Crippen LogP contribution in [0.2, 0.25) is 0 Å². The van der Waals surface area contributed by atoms with Gasteiger partial charge in [-0.15, -0.1) is 0 Å². The molecule has 2 aromatic rings. The summed E-state index contributed by atoms with van der Waals surface area (Å²) in [6.45, 7) is 0.422. The van der Waals surface area contributed by atoms with E-state index in [1.165, 1.54) is 6.07 Å². The Morgan fingerprint density at radius 2 is 2.08 bits per heavy atom. The predicted octanol–water partition coefficient (Wildman–Crippen LogP) is 2.57. The highest BCUT2D eigenvalue weighted by Crippen LogP contribution is 2.22. The van der Waals surface area contributed by atoms with Crippen molar-refractivity contribution in [3.63, 3.8) is 0 Å². The summed E-state index contributed by atoms with van der Waals surface area (Å²) < 4.78 is 38.7. The number of hydrogen-bond acceptors (Lipinski definition) is 3. The number of nitrogens with zero attached hydrogens (tertiary/aromatic N) is 2. The average molecular weight is 340 g/mol. The number of H-pyrrole nitrogens is 1. The highest BCUT2D eigenvalue weighted by molar-refractivity contribution is 5.97. The molecule has 0 aromatic carbocycles. The van der Waals surface area contributed by atoms with Crippen LogP contribution in [-0.2, 0) is 0 Å². The van der Waals surface area contributed by atoms with Crippen LogP contribution in [0.1, 0.15) is 23.3 Å². The number of piperidine rings is 1. The van der Waals surface area contributed by atoms with Crippen LogP contribution in [0.15, 0.2) is 24.4 Å². The van der Waals surface area contributed by atoms with E-state index in [9.17, 15) is 18.0 Å². The van der Waals surface area contributed by atoms with Crippen LogP contribution in [0.5, 0.6) is 0 Å². The Hall–Kier alpha value is -2.09. The van der Waals surface area contributed by atoms with E-state index in [0.29, 0.717) is 11.0 Å². The fourth-order valence-electron chi connectivity index (χ4n) is 3.05. The number of rotatable bonds is 4. The van der Waals surface area contributed by atoms with Crippen molar-refractivity contribution >= 4 is 16.9 Å². The molecule has 24 heavy (non-hydrogen) atoms. The lowest BCUT2D eigenvalue weighted by molar-refractivity contribution is -0.142. The number of alkyl halides is 3. The summed E-state index contributed by atoms with van der Waals surface area (Å²) in [7, 11) is 0. The summed E-state index contributed by atoms with van der Waals surface area (Å²) in [6.07, 6.45) is -1.30. The van der Waals surface area contributed by atoms with Crippen molar-refractivity contribution in [2.24, 2.45) is 5.92 Å². The fourth-order valence-corrected chi connectivity index (χ4v) is 3.05. The smallest absolute Gasteiger partial charge is 0.349 e. The van der Waals surface area contributed by atoms with Crippen molar-refractivity contribution in [1.29, 1.82) is 0 Å². The van der Waals surface area contributed by atoms with Crippen LogP contribution >= 0.6 is 0 Å². The number of nitrogens with one attached hydrogen (secondary N) is 2. The second-order valence-corrected chi connectivity index (χ2v) is 6.11. The molecule has 0 bridgehead atoms. The maximum Gasteiger partial charge on any atom is 0.406 e. The van der Waals surface area contributed by atoms with Gasteiger partial charge in [0.05, 0.1) is 11.0 Å². The molecule has 0 radical (unpaired) electrons. The average Bonchev–Trinajstić information content (AvgIpc) is 2.97. The number of hydrogen-bond donors (Lipinski definition) is 2. The number of aromatic nitrogens is 2. The largest absolute Gasteiger partial charge is 0.406 e.